The lowest BCUT2D eigenvalue weighted by Gasteiger charge is -2.43. The number of nitrogens with one attached hydrogen (secondary N) is 2. The van der Waals surface area contributed by atoms with E-state index in [9.17, 15) is 15.2 Å². The first-order valence-electron chi connectivity index (χ1n) is 13.3. The molecule has 2 saturated heterocycles. The predicted molar refractivity (Wildman–Crippen MR) is 158 cm³/mol. The van der Waals surface area contributed by atoms with Gasteiger partial charge in [0.2, 0.25) is 0 Å². The van der Waals surface area contributed by atoms with E-state index in [0.717, 1.165) is 42.8 Å². The zero-order valence-electron chi connectivity index (χ0n) is 23.2. The Morgan fingerprint density at radius 2 is 1.21 bits per heavy atom. The molecule has 0 aliphatic carbocycles. The molecular weight excluding hydrogens is 522 g/mol. The third kappa shape index (κ3) is 8.91. The van der Waals surface area contributed by atoms with Gasteiger partial charge in [0.15, 0.2) is 0 Å². The lowest BCUT2D eigenvalue weighted by atomic mass is 9.82. The summed E-state index contributed by atoms with van der Waals surface area (Å²) in [6.45, 7) is 13.9. The zero-order chi connectivity index (χ0) is 28.1. The van der Waals surface area contributed by atoms with Gasteiger partial charge in [0.05, 0.1) is 17.2 Å². The molecule has 0 unspecified atom stereocenters. The molecule has 2 aromatic carbocycles. The van der Waals surface area contributed by atoms with Crippen LogP contribution in [0.25, 0.3) is 0 Å². The molecule has 0 radical (unpaired) electrons. The van der Waals surface area contributed by atoms with Gasteiger partial charge in [-0.2, -0.15) is 0 Å². The minimum absolute atomic E-state index is 0.0170. The third-order valence-corrected chi connectivity index (χ3v) is 7.89. The molecule has 0 spiro atoms. The van der Waals surface area contributed by atoms with Crippen LogP contribution in [-0.4, -0.2) is 94.6 Å². The van der Waals surface area contributed by atoms with Crippen LogP contribution in [0.3, 0.4) is 0 Å². The minimum atomic E-state index is -0.775. The van der Waals surface area contributed by atoms with E-state index in [4.69, 9.17) is 23.2 Å². The smallest absolute Gasteiger partial charge is 0.376 e. The molecule has 0 bridgehead atoms. The van der Waals surface area contributed by atoms with Crippen LogP contribution in [-0.2, 0) is 0 Å². The number of nitrogens with zero attached hydrogens (tertiary/aromatic N) is 2. The predicted octanol–water partition coefficient (Wildman–Crippen LogP) is 3.27. The fourth-order valence-electron chi connectivity index (χ4n) is 4.97. The van der Waals surface area contributed by atoms with E-state index >= 15 is 0 Å². The van der Waals surface area contributed by atoms with Crippen molar-refractivity contribution in [3.8, 4) is 0 Å². The average molecular weight is 565 g/mol. The van der Waals surface area contributed by atoms with Gasteiger partial charge in [-0.15, -0.1) is 0 Å². The summed E-state index contributed by atoms with van der Waals surface area (Å²) in [4.78, 5) is 4.37. The number of benzene rings is 2. The fourth-order valence-corrected chi connectivity index (χ4v) is 5.22. The van der Waals surface area contributed by atoms with Crippen LogP contribution in [0.1, 0.15) is 44.9 Å². The van der Waals surface area contributed by atoms with E-state index in [1.165, 1.54) is 11.1 Å². The van der Waals surface area contributed by atoms with Crippen molar-refractivity contribution in [2.24, 2.45) is 0 Å². The van der Waals surface area contributed by atoms with E-state index in [1.807, 2.05) is 42.9 Å². The van der Waals surface area contributed by atoms with Gasteiger partial charge in [-0.3, -0.25) is 4.90 Å². The first-order chi connectivity index (χ1) is 17.8. The summed E-state index contributed by atoms with van der Waals surface area (Å²) in [6, 6.07) is 16.1. The maximum absolute atomic E-state index is 10.4. The summed E-state index contributed by atoms with van der Waals surface area (Å²) in [5.41, 5.74) is 0.864. The van der Waals surface area contributed by atoms with E-state index in [0.29, 0.717) is 6.54 Å². The molecule has 0 saturated carbocycles. The third-order valence-electron chi connectivity index (χ3n) is 7.38. The van der Waals surface area contributed by atoms with Gasteiger partial charge in [-0.25, -0.2) is 0 Å². The Morgan fingerprint density at radius 1 is 0.789 bits per heavy atom. The Bertz CT molecular complexity index is 952. The van der Waals surface area contributed by atoms with Crippen LogP contribution >= 0.6 is 23.2 Å². The second-order valence-electron chi connectivity index (χ2n) is 11.4. The lowest BCUT2D eigenvalue weighted by Crippen LogP contribution is -2.61. The molecule has 2 aliphatic heterocycles. The lowest BCUT2D eigenvalue weighted by molar-refractivity contribution is 0.00369. The SMILES string of the molecule is CB(O)N1CCN[C@@H](C(C)(C)O)C1.CC(C)(O)[C@H]1CN(C(c2ccc(Cl)cc2)c2ccc(Cl)cc2)CCN1. The topological polar surface area (TPSA) is 91.2 Å². The van der Waals surface area contributed by atoms with Crippen molar-refractivity contribution in [2.75, 3.05) is 39.3 Å². The zero-order valence-corrected chi connectivity index (χ0v) is 24.7. The van der Waals surface area contributed by atoms with Crippen LogP contribution in [0.15, 0.2) is 48.5 Å². The number of rotatable bonds is 6. The van der Waals surface area contributed by atoms with Crippen LogP contribution < -0.4 is 10.6 Å². The fraction of sp³-hybridized carbons (Fsp3) is 0.571. The van der Waals surface area contributed by atoms with E-state index in [1.54, 1.807) is 20.7 Å². The molecule has 2 aromatic rings. The minimum Gasteiger partial charge on any atom is -0.437 e. The maximum atomic E-state index is 10.4. The van der Waals surface area contributed by atoms with Crippen molar-refractivity contribution < 1.29 is 15.2 Å². The van der Waals surface area contributed by atoms with Gasteiger partial charge >= 0.3 is 7.05 Å². The van der Waals surface area contributed by atoms with Gasteiger partial charge in [0.25, 0.3) is 0 Å². The highest BCUT2D eigenvalue weighted by atomic mass is 35.5. The molecule has 210 valence electrons. The normalized spacial score (nSPS) is 21.7. The Hall–Kier alpha value is -1.20. The number of halogens is 2. The molecule has 4 rings (SSSR count). The van der Waals surface area contributed by atoms with Gasteiger partial charge in [0.1, 0.15) is 0 Å². The molecule has 10 heteroatoms. The Balaban J connectivity index is 0.000000260. The molecule has 7 nitrogen and oxygen atoms in total. The van der Waals surface area contributed by atoms with Gasteiger partial charge in [-0.1, -0.05) is 47.5 Å². The van der Waals surface area contributed by atoms with Crippen molar-refractivity contribution in [1.82, 2.24) is 20.3 Å². The average Bonchev–Trinajstić information content (AvgIpc) is 2.86. The second kappa shape index (κ2) is 13.4. The number of aliphatic hydroxyl groups is 2. The highest BCUT2D eigenvalue weighted by Crippen LogP contribution is 2.32. The number of hydrogen-bond donors (Lipinski definition) is 5. The standard InChI is InChI=1S/C20H24Cl2N2O.C8H19BN2O2/c1-20(2,25)18-13-24(12-11-23-18)19(14-3-7-16(21)8-4-14)15-5-9-17(22)10-6-15;1-8(2,12)7-6-11(9(3)13)5-4-10-7/h3-10,18-19,23,25H,11-13H2,1-2H3;7,10,12-13H,4-6H2,1-3H3/t18-;7-/m11/s1. The summed E-state index contributed by atoms with van der Waals surface area (Å²) >= 11 is 12.2. The molecule has 2 aliphatic rings. The van der Waals surface area contributed by atoms with Crippen molar-refractivity contribution in [2.45, 2.75) is 63.8 Å². The van der Waals surface area contributed by atoms with Crippen LogP contribution in [0, 0.1) is 0 Å². The highest BCUT2D eigenvalue weighted by Gasteiger charge is 2.35. The van der Waals surface area contributed by atoms with Gasteiger partial charge < -0.3 is 30.7 Å². The number of piperazine rings is 2. The highest BCUT2D eigenvalue weighted by molar-refractivity contribution is 6.45. The van der Waals surface area contributed by atoms with Crippen molar-refractivity contribution in [3.05, 3.63) is 69.7 Å². The van der Waals surface area contributed by atoms with Crippen LogP contribution in [0.5, 0.6) is 0 Å². The second-order valence-corrected chi connectivity index (χ2v) is 12.3. The summed E-state index contributed by atoms with van der Waals surface area (Å²) in [5.74, 6) is 0. The van der Waals surface area contributed by atoms with Crippen molar-refractivity contribution in [3.63, 3.8) is 0 Å². The van der Waals surface area contributed by atoms with Crippen molar-refractivity contribution >= 4 is 30.3 Å². The van der Waals surface area contributed by atoms with Crippen LogP contribution in [0.2, 0.25) is 16.9 Å². The van der Waals surface area contributed by atoms with Gasteiger partial charge in [-0.05, 0) is 69.9 Å². The molecule has 2 fully saturated rings. The monoisotopic (exact) mass is 564 g/mol. The molecule has 38 heavy (non-hydrogen) atoms. The molecule has 0 aromatic heterocycles. The summed E-state index contributed by atoms with van der Waals surface area (Å²) in [5, 5.41) is 37.7. The molecule has 0 amide bonds. The molecule has 2 heterocycles. The van der Waals surface area contributed by atoms with Gasteiger partial charge in [0, 0.05) is 61.4 Å². The van der Waals surface area contributed by atoms with E-state index < -0.39 is 18.3 Å². The molecule has 2 atom stereocenters. The van der Waals surface area contributed by atoms with Crippen LogP contribution in [0.4, 0.5) is 0 Å². The Labute approximate surface area is 238 Å². The first kappa shape index (κ1) is 31.3. The van der Waals surface area contributed by atoms with Crippen molar-refractivity contribution in [1.29, 1.82) is 0 Å². The Kier molecular flexibility index (Phi) is 11.1. The first-order valence-corrected chi connectivity index (χ1v) is 14.1. The summed E-state index contributed by atoms with van der Waals surface area (Å²) < 4.78 is 0. The van der Waals surface area contributed by atoms with E-state index in [2.05, 4.69) is 39.8 Å². The van der Waals surface area contributed by atoms with E-state index in [-0.39, 0.29) is 18.1 Å². The molecule has 5 N–H and O–H groups in total. The largest absolute Gasteiger partial charge is 0.437 e. The molecular formula is C28H43BCl2N4O3. The Morgan fingerprint density at radius 3 is 1.63 bits per heavy atom. The maximum Gasteiger partial charge on any atom is 0.376 e. The number of hydrogen-bond acceptors (Lipinski definition) is 7. The quantitative estimate of drug-likeness (QED) is 0.344. The summed E-state index contributed by atoms with van der Waals surface area (Å²) in [6.07, 6.45) is 0. The summed E-state index contributed by atoms with van der Waals surface area (Å²) in [7, 11) is -0.424.